The molecule has 2 aliphatic rings. The summed E-state index contributed by atoms with van der Waals surface area (Å²) in [6.07, 6.45) is 2.49. The van der Waals surface area contributed by atoms with Gasteiger partial charge in [0.05, 0.1) is 12.2 Å². The van der Waals surface area contributed by atoms with Crippen LogP contribution in [0.15, 0.2) is 24.3 Å². The second-order valence-corrected chi connectivity index (χ2v) is 4.49. The normalized spacial score (nSPS) is 35.9. The molecule has 1 heterocycles. The Morgan fingerprint density at radius 3 is 2.38 bits per heavy atom. The first-order chi connectivity index (χ1) is 6.27. The highest BCUT2D eigenvalue weighted by atomic mass is 16.6. The van der Waals surface area contributed by atoms with Crippen LogP contribution in [-0.2, 0) is 4.74 Å². The van der Waals surface area contributed by atoms with Gasteiger partial charge < -0.3 is 4.74 Å². The van der Waals surface area contributed by atoms with E-state index in [1.807, 2.05) is 0 Å². The van der Waals surface area contributed by atoms with Gasteiger partial charge in [0.15, 0.2) is 0 Å². The summed E-state index contributed by atoms with van der Waals surface area (Å²) in [5, 5.41) is 0. The highest BCUT2D eigenvalue weighted by Crippen LogP contribution is 2.54. The van der Waals surface area contributed by atoms with Gasteiger partial charge in [-0.2, -0.15) is 0 Å². The van der Waals surface area contributed by atoms with Gasteiger partial charge >= 0.3 is 0 Å². The maximum atomic E-state index is 5.41. The smallest absolute Gasteiger partial charge is 0.0928 e. The minimum absolute atomic E-state index is 0.343. The van der Waals surface area contributed by atoms with E-state index < -0.39 is 0 Å². The molecular weight excluding hydrogens is 160 g/mol. The van der Waals surface area contributed by atoms with Crippen LogP contribution in [0, 0.1) is 6.92 Å². The number of rotatable bonds is 1. The fraction of sp³-hybridized carbons (Fsp3) is 0.500. The van der Waals surface area contributed by atoms with Crippen LogP contribution < -0.4 is 0 Å². The molecular formula is C12H14O. The molecule has 13 heavy (non-hydrogen) atoms. The molecule has 1 aromatic rings. The molecule has 1 aliphatic carbocycles. The summed E-state index contributed by atoms with van der Waals surface area (Å²) in [6.45, 7) is 3.14. The molecule has 1 saturated carbocycles. The summed E-state index contributed by atoms with van der Waals surface area (Å²) < 4.78 is 5.41. The van der Waals surface area contributed by atoms with Gasteiger partial charge in [-0.25, -0.2) is 0 Å². The number of hydrogen-bond donors (Lipinski definition) is 0. The van der Waals surface area contributed by atoms with Gasteiger partial charge in [-0.3, -0.25) is 0 Å². The van der Waals surface area contributed by atoms with E-state index in [4.69, 9.17) is 4.74 Å². The van der Waals surface area contributed by atoms with Crippen molar-refractivity contribution in [2.45, 2.75) is 31.3 Å². The Morgan fingerprint density at radius 2 is 1.85 bits per heavy atom. The van der Waals surface area contributed by atoms with Crippen LogP contribution >= 0.6 is 0 Å². The summed E-state index contributed by atoms with van der Waals surface area (Å²) in [5.41, 5.74) is 3.18. The van der Waals surface area contributed by atoms with Gasteiger partial charge in [0.2, 0.25) is 0 Å². The minimum atomic E-state index is 0.343. The van der Waals surface area contributed by atoms with Gasteiger partial charge in [0, 0.05) is 0 Å². The topological polar surface area (TPSA) is 12.5 Å². The number of hydrogen-bond acceptors (Lipinski definition) is 1. The monoisotopic (exact) mass is 174 g/mol. The van der Waals surface area contributed by atoms with Crippen LogP contribution in [-0.4, -0.2) is 12.2 Å². The predicted octanol–water partition coefficient (Wildman–Crippen LogP) is 2.64. The maximum absolute atomic E-state index is 5.41. The summed E-state index contributed by atoms with van der Waals surface area (Å²) in [5.74, 6) is 0.767. The van der Waals surface area contributed by atoms with Crippen LogP contribution in [0.2, 0.25) is 0 Å². The first kappa shape index (κ1) is 7.57. The van der Waals surface area contributed by atoms with Gasteiger partial charge in [-0.1, -0.05) is 29.8 Å². The molecule has 2 fully saturated rings. The first-order valence-electron chi connectivity index (χ1n) is 4.98. The van der Waals surface area contributed by atoms with Crippen molar-refractivity contribution in [2.75, 3.05) is 6.61 Å². The molecule has 1 spiro atoms. The van der Waals surface area contributed by atoms with Crippen LogP contribution in [0.5, 0.6) is 0 Å². The molecule has 3 rings (SSSR count). The van der Waals surface area contributed by atoms with Crippen LogP contribution in [0.1, 0.15) is 29.9 Å². The van der Waals surface area contributed by atoms with E-state index in [-0.39, 0.29) is 0 Å². The van der Waals surface area contributed by atoms with Crippen molar-refractivity contribution in [3.8, 4) is 0 Å². The van der Waals surface area contributed by atoms with E-state index in [1.165, 1.54) is 24.0 Å². The average Bonchev–Trinajstić information content (AvgIpc) is 2.83. The SMILES string of the molecule is Cc1ccc(C2CC3(CO3)C2)cc1. The Bertz CT molecular complexity index is 313. The summed E-state index contributed by atoms with van der Waals surface area (Å²) >= 11 is 0. The molecule has 68 valence electrons. The second-order valence-electron chi connectivity index (χ2n) is 4.49. The van der Waals surface area contributed by atoms with E-state index in [2.05, 4.69) is 31.2 Å². The van der Waals surface area contributed by atoms with Crippen LogP contribution in [0.4, 0.5) is 0 Å². The van der Waals surface area contributed by atoms with Crippen LogP contribution in [0.25, 0.3) is 0 Å². The minimum Gasteiger partial charge on any atom is -0.370 e. The summed E-state index contributed by atoms with van der Waals surface area (Å²) in [6, 6.07) is 8.92. The fourth-order valence-electron chi connectivity index (χ4n) is 2.25. The third-order valence-electron chi connectivity index (χ3n) is 3.34. The fourth-order valence-corrected chi connectivity index (χ4v) is 2.25. The zero-order valence-corrected chi connectivity index (χ0v) is 7.92. The Kier molecular flexibility index (Phi) is 1.37. The van der Waals surface area contributed by atoms with Crippen molar-refractivity contribution in [1.29, 1.82) is 0 Å². The lowest BCUT2D eigenvalue weighted by Crippen LogP contribution is -2.30. The van der Waals surface area contributed by atoms with E-state index in [9.17, 15) is 0 Å². The Balaban J connectivity index is 1.75. The van der Waals surface area contributed by atoms with E-state index >= 15 is 0 Å². The number of ether oxygens (including phenoxy) is 1. The maximum Gasteiger partial charge on any atom is 0.0928 e. The lowest BCUT2D eigenvalue weighted by molar-refractivity contribution is 0.170. The standard InChI is InChI=1S/C12H14O/c1-9-2-4-10(5-3-9)11-6-12(7-11)8-13-12/h2-5,11H,6-8H2,1H3. The molecule has 0 aromatic heterocycles. The molecule has 1 saturated heterocycles. The van der Waals surface area contributed by atoms with Crippen molar-refractivity contribution in [3.63, 3.8) is 0 Å². The van der Waals surface area contributed by atoms with Crippen molar-refractivity contribution >= 4 is 0 Å². The van der Waals surface area contributed by atoms with Crippen molar-refractivity contribution in [1.82, 2.24) is 0 Å². The van der Waals surface area contributed by atoms with Crippen LogP contribution in [0.3, 0.4) is 0 Å². The highest BCUT2D eigenvalue weighted by Gasteiger charge is 2.55. The average molecular weight is 174 g/mol. The van der Waals surface area contributed by atoms with E-state index in [0.29, 0.717) is 5.60 Å². The van der Waals surface area contributed by atoms with E-state index in [1.54, 1.807) is 0 Å². The lowest BCUT2D eigenvalue weighted by Gasteiger charge is -2.33. The molecule has 1 nitrogen and oxygen atoms in total. The molecule has 1 heteroatoms. The molecule has 0 amide bonds. The molecule has 0 bridgehead atoms. The number of benzene rings is 1. The number of aryl methyl sites for hydroxylation is 1. The molecule has 1 aromatic carbocycles. The van der Waals surface area contributed by atoms with Gasteiger partial charge in [0.25, 0.3) is 0 Å². The zero-order valence-electron chi connectivity index (χ0n) is 7.92. The lowest BCUT2D eigenvalue weighted by atomic mass is 9.71. The predicted molar refractivity (Wildman–Crippen MR) is 51.8 cm³/mol. The van der Waals surface area contributed by atoms with Gasteiger partial charge in [0.1, 0.15) is 0 Å². The van der Waals surface area contributed by atoms with Crippen molar-refractivity contribution in [2.24, 2.45) is 0 Å². The third kappa shape index (κ3) is 1.19. The van der Waals surface area contributed by atoms with E-state index in [0.717, 1.165) is 12.5 Å². The van der Waals surface area contributed by atoms with Crippen molar-refractivity contribution < 1.29 is 4.74 Å². The third-order valence-corrected chi connectivity index (χ3v) is 3.34. The summed E-state index contributed by atoms with van der Waals surface area (Å²) in [7, 11) is 0. The van der Waals surface area contributed by atoms with Gasteiger partial charge in [-0.15, -0.1) is 0 Å². The van der Waals surface area contributed by atoms with Gasteiger partial charge in [-0.05, 0) is 31.2 Å². The molecule has 0 N–H and O–H groups in total. The molecule has 0 radical (unpaired) electrons. The Hall–Kier alpha value is -0.820. The first-order valence-corrected chi connectivity index (χ1v) is 4.98. The molecule has 1 aliphatic heterocycles. The van der Waals surface area contributed by atoms with Crippen molar-refractivity contribution in [3.05, 3.63) is 35.4 Å². The zero-order chi connectivity index (χ0) is 8.89. The molecule has 0 atom stereocenters. The Morgan fingerprint density at radius 1 is 1.23 bits per heavy atom. The Labute approximate surface area is 78.7 Å². The molecule has 0 unspecified atom stereocenters. The highest BCUT2D eigenvalue weighted by molar-refractivity contribution is 5.29. The summed E-state index contributed by atoms with van der Waals surface area (Å²) in [4.78, 5) is 0. The largest absolute Gasteiger partial charge is 0.370 e. The second kappa shape index (κ2) is 2.36. The quantitative estimate of drug-likeness (QED) is 0.596. The number of epoxide rings is 1.